The fourth-order valence-corrected chi connectivity index (χ4v) is 3.30. The van der Waals surface area contributed by atoms with Crippen LogP contribution in [0.3, 0.4) is 0 Å². The molecule has 0 aliphatic carbocycles. The summed E-state index contributed by atoms with van der Waals surface area (Å²) in [6.07, 6.45) is 0.984. The van der Waals surface area contributed by atoms with Gasteiger partial charge in [-0.1, -0.05) is 18.2 Å². The molecule has 1 aliphatic rings. The average molecular weight is 357 g/mol. The molecule has 3 aromatic rings. The first-order valence-corrected chi connectivity index (χ1v) is 8.29. The van der Waals surface area contributed by atoms with Crippen molar-refractivity contribution in [2.24, 2.45) is 0 Å². The van der Waals surface area contributed by atoms with Crippen LogP contribution < -0.4 is 9.64 Å². The van der Waals surface area contributed by atoms with Crippen LogP contribution in [-0.4, -0.2) is 32.9 Å². The molecule has 1 atom stereocenters. The van der Waals surface area contributed by atoms with Crippen LogP contribution in [0, 0.1) is 0 Å². The number of fused-ring (bicyclic) bond motifs is 1. The second-order valence-corrected chi connectivity index (χ2v) is 6.19. The fourth-order valence-electron chi connectivity index (χ4n) is 3.30. The molecule has 2 heterocycles. The third kappa shape index (κ3) is 3.10. The van der Waals surface area contributed by atoms with E-state index in [9.17, 15) is 8.78 Å². The van der Waals surface area contributed by atoms with Gasteiger partial charge in [-0.15, -0.1) is 5.10 Å². The van der Waals surface area contributed by atoms with Crippen molar-refractivity contribution >= 4 is 5.69 Å². The number of hydrogen-bond acceptors (Lipinski definition) is 5. The molecule has 0 N–H and O–H groups in total. The van der Waals surface area contributed by atoms with Crippen LogP contribution in [0.4, 0.5) is 14.5 Å². The van der Waals surface area contributed by atoms with Crippen molar-refractivity contribution in [1.82, 2.24) is 20.2 Å². The molecule has 2 aromatic carbocycles. The van der Waals surface area contributed by atoms with Crippen molar-refractivity contribution in [1.29, 1.82) is 0 Å². The molecule has 0 spiro atoms. The summed E-state index contributed by atoms with van der Waals surface area (Å²) in [5, 5.41) is 12.0. The van der Waals surface area contributed by atoms with Crippen molar-refractivity contribution in [3.05, 3.63) is 59.9 Å². The molecule has 1 aromatic heterocycles. The summed E-state index contributed by atoms with van der Waals surface area (Å²) < 4.78 is 30.5. The van der Waals surface area contributed by atoms with Crippen LogP contribution in [0.1, 0.15) is 18.3 Å². The first-order chi connectivity index (χ1) is 12.6. The lowest BCUT2D eigenvalue weighted by molar-refractivity contribution is -0.0498. The molecule has 0 saturated heterocycles. The summed E-state index contributed by atoms with van der Waals surface area (Å²) in [6.45, 7) is -0.119. The summed E-state index contributed by atoms with van der Waals surface area (Å²) in [4.78, 5) is 2.27. The Morgan fingerprint density at radius 1 is 1.15 bits per heavy atom. The molecule has 26 heavy (non-hydrogen) atoms. The molecule has 0 bridgehead atoms. The molecular weight excluding hydrogens is 340 g/mol. The van der Waals surface area contributed by atoms with Gasteiger partial charge in [-0.25, -0.2) is 0 Å². The summed E-state index contributed by atoms with van der Waals surface area (Å²) in [5.41, 5.74) is 3.19. The van der Waals surface area contributed by atoms with Crippen LogP contribution in [0.2, 0.25) is 0 Å². The van der Waals surface area contributed by atoms with E-state index >= 15 is 0 Å². The highest BCUT2D eigenvalue weighted by molar-refractivity contribution is 5.59. The molecule has 8 heteroatoms. The number of hydrogen-bond donors (Lipinski definition) is 0. The van der Waals surface area contributed by atoms with Gasteiger partial charge in [0.25, 0.3) is 0 Å². The number of alkyl halides is 2. The lowest BCUT2D eigenvalue weighted by atomic mass is 10.1. The van der Waals surface area contributed by atoms with Gasteiger partial charge >= 0.3 is 6.61 Å². The number of nitrogens with zero attached hydrogens (tertiary/aromatic N) is 5. The Balaban J connectivity index is 1.58. The van der Waals surface area contributed by atoms with Crippen LogP contribution >= 0.6 is 0 Å². The first-order valence-electron chi connectivity index (χ1n) is 8.29. The molecule has 6 nitrogen and oxygen atoms in total. The number of ether oxygens (including phenoxy) is 1. The van der Waals surface area contributed by atoms with Crippen molar-refractivity contribution in [3.8, 4) is 11.4 Å². The van der Waals surface area contributed by atoms with Crippen molar-refractivity contribution in [2.45, 2.75) is 32.5 Å². The quantitative estimate of drug-likeness (QED) is 0.702. The standard InChI is InChI=1S/C18H17F2N5O/c1-12-10-13-4-2-3-5-16(13)24(12)11-17-21-22-23-25(17)14-6-8-15(9-7-14)26-18(19)20/h2-9,12,18H,10-11H2,1H3. The third-order valence-electron chi connectivity index (χ3n) is 4.50. The van der Waals surface area contributed by atoms with Gasteiger partial charge in [0.15, 0.2) is 5.82 Å². The zero-order valence-corrected chi connectivity index (χ0v) is 14.1. The van der Waals surface area contributed by atoms with Crippen LogP contribution in [0.15, 0.2) is 48.5 Å². The average Bonchev–Trinajstić information content (AvgIpc) is 3.20. The van der Waals surface area contributed by atoms with E-state index in [0.29, 0.717) is 24.1 Å². The number of para-hydroxylation sites is 1. The van der Waals surface area contributed by atoms with Crippen molar-refractivity contribution in [3.63, 3.8) is 0 Å². The topological polar surface area (TPSA) is 56.1 Å². The minimum atomic E-state index is -2.85. The highest BCUT2D eigenvalue weighted by Crippen LogP contribution is 2.32. The van der Waals surface area contributed by atoms with E-state index in [2.05, 4.69) is 44.2 Å². The Labute approximate surface area is 149 Å². The highest BCUT2D eigenvalue weighted by atomic mass is 19.3. The van der Waals surface area contributed by atoms with Gasteiger partial charge in [0.05, 0.1) is 12.2 Å². The number of benzene rings is 2. The van der Waals surface area contributed by atoms with Crippen molar-refractivity contribution < 1.29 is 13.5 Å². The monoisotopic (exact) mass is 357 g/mol. The van der Waals surface area contributed by atoms with Gasteiger partial charge in [0.1, 0.15) is 5.75 Å². The molecule has 4 rings (SSSR count). The molecule has 0 saturated carbocycles. The normalized spacial score (nSPS) is 16.2. The van der Waals surface area contributed by atoms with Gasteiger partial charge in [0, 0.05) is 11.7 Å². The third-order valence-corrected chi connectivity index (χ3v) is 4.50. The Bertz CT molecular complexity index is 897. The van der Waals surface area contributed by atoms with E-state index in [1.165, 1.54) is 23.4 Å². The minimum absolute atomic E-state index is 0.0977. The second-order valence-electron chi connectivity index (χ2n) is 6.19. The van der Waals surface area contributed by atoms with E-state index in [1.54, 1.807) is 16.8 Å². The smallest absolute Gasteiger partial charge is 0.387 e. The molecule has 0 amide bonds. The maximum atomic E-state index is 12.3. The van der Waals surface area contributed by atoms with Crippen LogP contribution in [0.5, 0.6) is 5.75 Å². The van der Waals surface area contributed by atoms with Gasteiger partial charge in [-0.05, 0) is 59.7 Å². The predicted octanol–water partition coefficient (Wildman–Crippen LogP) is 3.21. The Morgan fingerprint density at radius 2 is 1.92 bits per heavy atom. The predicted molar refractivity (Wildman–Crippen MR) is 91.6 cm³/mol. The molecule has 1 aliphatic heterocycles. The van der Waals surface area contributed by atoms with Crippen molar-refractivity contribution in [2.75, 3.05) is 4.90 Å². The molecule has 0 radical (unpaired) electrons. The Kier molecular flexibility index (Phi) is 4.24. The van der Waals surface area contributed by atoms with E-state index in [-0.39, 0.29) is 5.75 Å². The number of rotatable bonds is 5. The largest absolute Gasteiger partial charge is 0.435 e. The summed E-state index contributed by atoms with van der Waals surface area (Å²) in [6, 6.07) is 14.9. The molecule has 134 valence electrons. The fraction of sp³-hybridized carbons (Fsp3) is 0.278. The lowest BCUT2D eigenvalue weighted by Gasteiger charge is -2.24. The molecule has 0 fully saturated rings. The van der Waals surface area contributed by atoms with Gasteiger partial charge in [0.2, 0.25) is 0 Å². The Hall–Kier alpha value is -3.03. The van der Waals surface area contributed by atoms with Gasteiger partial charge in [-0.3, -0.25) is 0 Å². The van der Waals surface area contributed by atoms with E-state index in [1.807, 2.05) is 12.1 Å². The van der Waals surface area contributed by atoms with Gasteiger partial charge < -0.3 is 9.64 Å². The summed E-state index contributed by atoms with van der Waals surface area (Å²) in [7, 11) is 0. The number of tetrazole rings is 1. The Morgan fingerprint density at radius 3 is 2.69 bits per heavy atom. The van der Waals surface area contributed by atoms with Crippen LogP contribution in [0.25, 0.3) is 5.69 Å². The molecule has 1 unspecified atom stereocenters. The van der Waals surface area contributed by atoms with Gasteiger partial charge in [-0.2, -0.15) is 13.5 Å². The first kappa shape index (κ1) is 16.4. The molecular formula is C18H17F2N5O. The van der Waals surface area contributed by atoms with Crippen LogP contribution in [-0.2, 0) is 13.0 Å². The van der Waals surface area contributed by atoms with E-state index in [4.69, 9.17) is 0 Å². The van der Waals surface area contributed by atoms with E-state index < -0.39 is 6.61 Å². The summed E-state index contributed by atoms with van der Waals surface area (Å²) >= 11 is 0. The minimum Gasteiger partial charge on any atom is -0.435 e. The zero-order chi connectivity index (χ0) is 18.1. The SMILES string of the molecule is CC1Cc2ccccc2N1Cc1nnnn1-c1ccc(OC(F)F)cc1. The maximum absolute atomic E-state index is 12.3. The second kappa shape index (κ2) is 6.70. The summed E-state index contributed by atoms with van der Waals surface area (Å²) in [5.74, 6) is 0.775. The number of halogens is 2. The number of aromatic nitrogens is 4. The zero-order valence-electron chi connectivity index (χ0n) is 14.1. The lowest BCUT2D eigenvalue weighted by Crippen LogP contribution is -2.30. The maximum Gasteiger partial charge on any atom is 0.387 e. The highest BCUT2D eigenvalue weighted by Gasteiger charge is 2.27. The van der Waals surface area contributed by atoms with E-state index in [0.717, 1.165) is 6.42 Å². The number of anilines is 1.